The standard InChI is InChI=1S/C25H23F3N4O3/c26-25(27,28)19-11-9-16(10-12-19)20-4-2-1-3-18(20)14-31-24(30)32-22(33)17-7-5-15(6-8-17)13-21(29)23(34)35/h1-12,21H,13-14,29H2,(H,34,35)(H3,30,31,32,33)/t21-/m0/s1. The van der Waals surface area contributed by atoms with Crippen LogP contribution in [0.2, 0.25) is 0 Å². The Labute approximate surface area is 199 Å². The van der Waals surface area contributed by atoms with Gasteiger partial charge in [0.15, 0.2) is 5.96 Å². The summed E-state index contributed by atoms with van der Waals surface area (Å²) >= 11 is 0. The molecule has 0 aromatic heterocycles. The van der Waals surface area contributed by atoms with Crippen molar-refractivity contribution in [3.63, 3.8) is 0 Å². The number of benzene rings is 3. The van der Waals surface area contributed by atoms with E-state index in [1.165, 1.54) is 24.3 Å². The molecule has 1 atom stereocenters. The molecule has 0 heterocycles. The predicted octanol–water partition coefficient (Wildman–Crippen LogP) is 3.57. The molecule has 0 bridgehead atoms. The fourth-order valence-electron chi connectivity index (χ4n) is 3.32. The topological polar surface area (TPSA) is 131 Å². The number of nitrogens with one attached hydrogen (secondary N) is 1. The number of aliphatic carboxylic acids is 1. The van der Waals surface area contributed by atoms with Gasteiger partial charge in [0, 0.05) is 12.1 Å². The highest BCUT2D eigenvalue weighted by molar-refractivity contribution is 6.02. The number of carbonyl (C=O) groups excluding carboxylic acids is 1. The number of guanidine groups is 1. The van der Waals surface area contributed by atoms with Gasteiger partial charge < -0.3 is 21.9 Å². The van der Waals surface area contributed by atoms with Crippen LogP contribution in [0.4, 0.5) is 13.2 Å². The second-order valence-corrected chi connectivity index (χ2v) is 7.73. The van der Waals surface area contributed by atoms with E-state index in [2.05, 4.69) is 10.3 Å². The van der Waals surface area contributed by atoms with Gasteiger partial charge in [-0.3, -0.25) is 9.59 Å². The Morgan fingerprint density at radius 2 is 1.60 bits per heavy atom. The summed E-state index contributed by atoms with van der Waals surface area (Å²) in [6, 6.07) is 17.1. The minimum absolute atomic E-state index is 0.120. The van der Waals surface area contributed by atoms with E-state index in [1.807, 2.05) is 0 Å². The van der Waals surface area contributed by atoms with Crippen molar-refractivity contribution < 1.29 is 27.9 Å². The van der Waals surface area contributed by atoms with E-state index >= 15 is 0 Å². The molecule has 3 aromatic carbocycles. The van der Waals surface area contributed by atoms with Gasteiger partial charge in [-0.15, -0.1) is 0 Å². The van der Waals surface area contributed by atoms with Crippen LogP contribution in [0.25, 0.3) is 11.1 Å². The van der Waals surface area contributed by atoms with Crippen molar-refractivity contribution in [2.75, 3.05) is 0 Å². The fraction of sp³-hybridized carbons (Fsp3) is 0.160. The van der Waals surface area contributed by atoms with E-state index < -0.39 is 29.7 Å². The number of hydrogen-bond donors (Lipinski definition) is 4. The molecule has 0 saturated heterocycles. The maximum atomic E-state index is 12.8. The van der Waals surface area contributed by atoms with Crippen LogP contribution in [0.1, 0.15) is 27.0 Å². The Balaban J connectivity index is 1.66. The Hall–Kier alpha value is -4.18. The number of carboxylic acids is 1. The maximum absolute atomic E-state index is 12.8. The van der Waals surface area contributed by atoms with Crippen molar-refractivity contribution >= 4 is 17.8 Å². The molecule has 0 unspecified atom stereocenters. The number of hydrogen-bond acceptors (Lipinski definition) is 3. The SMILES string of the molecule is NC(=NC(=O)c1ccc(C[C@H](N)C(=O)O)cc1)NCc1ccccc1-c1ccc(C(F)(F)F)cc1. The van der Waals surface area contributed by atoms with E-state index in [-0.39, 0.29) is 24.5 Å². The minimum Gasteiger partial charge on any atom is -0.480 e. The Bertz CT molecular complexity index is 1220. The lowest BCUT2D eigenvalue weighted by molar-refractivity contribution is -0.139. The van der Waals surface area contributed by atoms with E-state index in [0.29, 0.717) is 16.7 Å². The first-order chi connectivity index (χ1) is 16.5. The lowest BCUT2D eigenvalue weighted by atomic mass is 9.98. The number of amides is 1. The fourth-order valence-corrected chi connectivity index (χ4v) is 3.32. The van der Waals surface area contributed by atoms with Crippen LogP contribution < -0.4 is 16.8 Å². The molecule has 35 heavy (non-hydrogen) atoms. The summed E-state index contributed by atoms with van der Waals surface area (Å²) in [7, 11) is 0. The summed E-state index contributed by atoms with van der Waals surface area (Å²) in [5, 5.41) is 11.7. The van der Waals surface area contributed by atoms with Crippen molar-refractivity contribution in [3.05, 3.63) is 95.1 Å². The molecule has 10 heteroatoms. The van der Waals surface area contributed by atoms with Crippen molar-refractivity contribution in [3.8, 4) is 11.1 Å². The van der Waals surface area contributed by atoms with Gasteiger partial charge in [0.1, 0.15) is 6.04 Å². The Morgan fingerprint density at radius 1 is 0.971 bits per heavy atom. The van der Waals surface area contributed by atoms with Crippen molar-refractivity contribution in [2.24, 2.45) is 16.5 Å². The molecule has 3 aromatic rings. The quantitative estimate of drug-likeness (QED) is 0.300. The molecule has 0 radical (unpaired) electrons. The number of nitrogens with zero attached hydrogens (tertiary/aromatic N) is 1. The van der Waals surface area contributed by atoms with Gasteiger partial charge in [0.2, 0.25) is 0 Å². The highest BCUT2D eigenvalue weighted by Gasteiger charge is 2.30. The van der Waals surface area contributed by atoms with Crippen molar-refractivity contribution in [1.29, 1.82) is 0 Å². The largest absolute Gasteiger partial charge is 0.480 e. The molecule has 0 aliphatic heterocycles. The average Bonchev–Trinajstić information content (AvgIpc) is 2.83. The van der Waals surface area contributed by atoms with Gasteiger partial charge in [0.05, 0.1) is 5.56 Å². The summed E-state index contributed by atoms with van der Waals surface area (Å²) < 4.78 is 38.5. The maximum Gasteiger partial charge on any atom is 0.416 e. The van der Waals surface area contributed by atoms with Gasteiger partial charge in [-0.25, -0.2) is 0 Å². The van der Waals surface area contributed by atoms with Crippen LogP contribution >= 0.6 is 0 Å². The van der Waals surface area contributed by atoms with Crippen LogP contribution in [0.3, 0.4) is 0 Å². The van der Waals surface area contributed by atoms with E-state index in [4.69, 9.17) is 16.6 Å². The van der Waals surface area contributed by atoms with Crippen molar-refractivity contribution in [1.82, 2.24) is 5.32 Å². The van der Waals surface area contributed by atoms with E-state index in [9.17, 15) is 22.8 Å². The first-order valence-electron chi connectivity index (χ1n) is 10.5. The summed E-state index contributed by atoms with van der Waals surface area (Å²) in [6.45, 7) is 0.186. The number of aliphatic imine (C=N–C) groups is 1. The zero-order valence-corrected chi connectivity index (χ0v) is 18.4. The number of nitrogens with two attached hydrogens (primary N) is 2. The van der Waals surface area contributed by atoms with Crippen molar-refractivity contribution in [2.45, 2.75) is 25.2 Å². The molecule has 0 saturated carbocycles. The van der Waals surface area contributed by atoms with Crippen LogP contribution in [0.5, 0.6) is 0 Å². The average molecular weight is 484 g/mol. The third-order valence-electron chi connectivity index (χ3n) is 5.20. The predicted molar refractivity (Wildman–Crippen MR) is 125 cm³/mol. The van der Waals surface area contributed by atoms with Gasteiger partial charge in [-0.05, 0) is 52.9 Å². The zero-order chi connectivity index (χ0) is 25.6. The van der Waals surface area contributed by atoms with Gasteiger partial charge >= 0.3 is 12.1 Å². The summed E-state index contributed by atoms with van der Waals surface area (Å²) in [5.41, 5.74) is 13.6. The molecule has 0 fully saturated rings. The molecule has 3 rings (SSSR count). The molecule has 182 valence electrons. The van der Waals surface area contributed by atoms with Crippen LogP contribution in [0.15, 0.2) is 77.8 Å². The van der Waals surface area contributed by atoms with Crippen LogP contribution in [-0.4, -0.2) is 29.0 Å². The monoisotopic (exact) mass is 484 g/mol. The molecular formula is C25H23F3N4O3. The second-order valence-electron chi connectivity index (χ2n) is 7.73. The first-order valence-corrected chi connectivity index (χ1v) is 10.5. The third kappa shape index (κ3) is 6.90. The summed E-state index contributed by atoms with van der Waals surface area (Å²) in [5.74, 6) is -1.84. The highest BCUT2D eigenvalue weighted by Crippen LogP contribution is 2.31. The Morgan fingerprint density at radius 3 is 2.20 bits per heavy atom. The summed E-state index contributed by atoms with van der Waals surface area (Å²) in [6.07, 6.45) is -4.29. The van der Waals surface area contributed by atoms with Crippen LogP contribution in [0, 0.1) is 0 Å². The highest BCUT2D eigenvalue weighted by atomic mass is 19.4. The lowest BCUT2D eigenvalue weighted by Crippen LogP contribution is -2.32. The molecule has 0 spiro atoms. The number of carboxylic acid groups (broad SMARTS) is 1. The first kappa shape index (κ1) is 25.4. The number of rotatable bonds is 7. The molecule has 0 aliphatic carbocycles. The molecule has 6 N–H and O–H groups in total. The molecular weight excluding hydrogens is 461 g/mol. The Kier molecular flexibility index (Phi) is 7.87. The minimum atomic E-state index is -4.41. The lowest BCUT2D eigenvalue weighted by Gasteiger charge is -2.12. The molecule has 0 aliphatic rings. The number of alkyl halides is 3. The van der Waals surface area contributed by atoms with Gasteiger partial charge in [0.25, 0.3) is 5.91 Å². The summed E-state index contributed by atoms with van der Waals surface area (Å²) in [4.78, 5) is 27.1. The molecule has 1 amide bonds. The van der Waals surface area contributed by atoms with Gasteiger partial charge in [-0.2, -0.15) is 18.2 Å². The van der Waals surface area contributed by atoms with E-state index in [1.54, 1.807) is 36.4 Å². The third-order valence-corrected chi connectivity index (χ3v) is 5.20. The zero-order valence-electron chi connectivity index (χ0n) is 18.4. The van der Waals surface area contributed by atoms with E-state index in [0.717, 1.165) is 17.7 Å². The number of halogens is 3. The second kappa shape index (κ2) is 10.8. The smallest absolute Gasteiger partial charge is 0.416 e. The van der Waals surface area contributed by atoms with Gasteiger partial charge in [-0.1, -0.05) is 48.5 Å². The molecule has 7 nitrogen and oxygen atoms in total. The van der Waals surface area contributed by atoms with Crippen LogP contribution in [-0.2, 0) is 23.9 Å². The number of carbonyl (C=O) groups is 2. The normalized spacial score (nSPS) is 12.7.